The van der Waals surface area contributed by atoms with Crippen LogP contribution in [-0.2, 0) is 0 Å². The van der Waals surface area contributed by atoms with Crippen molar-refractivity contribution in [2.75, 3.05) is 6.66 Å². The molecule has 1 unspecified atom stereocenters. The van der Waals surface area contributed by atoms with Gasteiger partial charge in [0.15, 0.2) is 0 Å². The molecule has 0 aliphatic rings. The summed E-state index contributed by atoms with van der Waals surface area (Å²) < 4.78 is 0. The van der Waals surface area contributed by atoms with E-state index in [4.69, 9.17) is 5.73 Å². The highest BCUT2D eigenvalue weighted by Gasteiger charge is 1.73. The Labute approximate surface area is 41.2 Å². The van der Waals surface area contributed by atoms with E-state index in [1.165, 1.54) is 5.21 Å². The van der Waals surface area contributed by atoms with Gasteiger partial charge in [-0.1, -0.05) is 5.21 Å². The fourth-order valence-electron chi connectivity index (χ4n) is 0.0833. The molecule has 6 heavy (non-hydrogen) atoms. The van der Waals surface area contributed by atoms with Gasteiger partial charge in [0.25, 0.3) is 0 Å². The highest BCUT2D eigenvalue weighted by Crippen LogP contribution is 2.10. The Balaban J connectivity index is 3.22. The molecule has 0 aromatic heterocycles. The van der Waals surface area contributed by atoms with Crippen LogP contribution >= 0.6 is 8.58 Å². The van der Waals surface area contributed by atoms with Crippen LogP contribution in [0.4, 0.5) is 0 Å². The Bertz CT molecular complexity index is 61.8. The van der Waals surface area contributed by atoms with Crippen LogP contribution < -0.4 is 5.73 Å². The first-order valence-electron chi connectivity index (χ1n) is 1.87. The van der Waals surface area contributed by atoms with E-state index < -0.39 is 0 Å². The van der Waals surface area contributed by atoms with Crippen LogP contribution in [0.15, 0.2) is 11.4 Å². The van der Waals surface area contributed by atoms with Gasteiger partial charge in [0.2, 0.25) is 0 Å². The molecule has 0 aromatic carbocycles. The monoisotopic (exact) mass is 101 g/mol. The number of hydrogen-bond donors (Lipinski definition) is 1. The maximum absolute atomic E-state index is 5.13. The molecule has 0 heterocycles. The lowest BCUT2D eigenvalue weighted by atomic mass is 10.1. The molecule has 1 atom stereocenters. The SMILES string of the molecule is B/C(=C\N)PC. The second-order valence-electron chi connectivity index (χ2n) is 1.10. The Kier molecular flexibility index (Phi) is 3.25. The van der Waals surface area contributed by atoms with E-state index in [1.54, 1.807) is 6.20 Å². The fraction of sp³-hybridized carbons (Fsp3) is 0.333. The van der Waals surface area contributed by atoms with Gasteiger partial charge < -0.3 is 5.73 Å². The van der Waals surface area contributed by atoms with E-state index in [2.05, 4.69) is 6.66 Å². The highest BCUT2D eigenvalue weighted by atomic mass is 31.1. The standard InChI is InChI=1S/C3H9BNP/c1-6-3(4)2-5/h2,6H,4-5H2,1H3/b3-2+. The predicted molar refractivity (Wildman–Crippen MR) is 35.1 cm³/mol. The van der Waals surface area contributed by atoms with Crippen molar-refractivity contribution in [1.82, 2.24) is 0 Å². The fourth-order valence-corrected chi connectivity index (χ4v) is 0.250. The third-order valence-electron chi connectivity index (χ3n) is 0.644. The summed E-state index contributed by atoms with van der Waals surface area (Å²) in [4.78, 5) is 0. The first-order chi connectivity index (χ1) is 2.81. The van der Waals surface area contributed by atoms with Gasteiger partial charge in [-0.2, -0.15) is 0 Å². The van der Waals surface area contributed by atoms with E-state index in [-0.39, 0.29) is 0 Å². The highest BCUT2D eigenvalue weighted by molar-refractivity contribution is 7.45. The quantitative estimate of drug-likeness (QED) is 0.355. The number of rotatable bonds is 1. The molecule has 34 valence electrons. The molecule has 0 aliphatic heterocycles. The molecule has 0 saturated heterocycles. The maximum Gasteiger partial charge on any atom is 0.141 e. The Morgan fingerprint density at radius 3 is 2.50 bits per heavy atom. The first-order valence-corrected chi connectivity index (χ1v) is 3.37. The van der Waals surface area contributed by atoms with Crippen molar-refractivity contribution < 1.29 is 0 Å². The lowest BCUT2D eigenvalue weighted by molar-refractivity contribution is 1.62. The second kappa shape index (κ2) is 3.23. The van der Waals surface area contributed by atoms with Crippen molar-refractivity contribution in [3.63, 3.8) is 0 Å². The van der Waals surface area contributed by atoms with Crippen molar-refractivity contribution in [3.8, 4) is 0 Å². The van der Waals surface area contributed by atoms with Crippen LogP contribution in [0.3, 0.4) is 0 Å². The molecule has 0 amide bonds. The van der Waals surface area contributed by atoms with E-state index in [0.717, 1.165) is 8.58 Å². The molecule has 0 fully saturated rings. The van der Waals surface area contributed by atoms with Gasteiger partial charge in [-0.25, -0.2) is 0 Å². The van der Waals surface area contributed by atoms with Gasteiger partial charge in [-0.15, -0.1) is 8.58 Å². The van der Waals surface area contributed by atoms with Gasteiger partial charge in [0.05, 0.1) is 0 Å². The minimum Gasteiger partial charge on any atom is -0.405 e. The average Bonchev–Trinajstić information content (AvgIpc) is 1.65. The lowest BCUT2D eigenvalue weighted by Crippen LogP contribution is -1.80. The zero-order chi connectivity index (χ0) is 4.99. The maximum atomic E-state index is 5.13. The van der Waals surface area contributed by atoms with Crippen LogP contribution in [0, 0.1) is 0 Å². The summed E-state index contributed by atoms with van der Waals surface area (Å²) in [5.41, 5.74) is 5.13. The molecule has 0 aromatic rings. The third kappa shape index (κ3) is 2.28. The van der Waals surface area contributed by atoms with Crippen molar-refractivity contribution in [2.45, 2.75) is 0 Å². The summed E-state index contributed by atoms with van der Waals surface area (Å²) in [5.74, 6) is 0. The zero-order valence-corrected chi connectivity index (χ0v) is 5.15. The van der Waals surface area contributed by atoms with Gasteiger partial charge in [-0.05, 0) is 12.9 Å². The summed E-state index contributed by atoms with van der Waals surface area (Å²) in [7, 11) is 2.89. The molecule has 0 saturated carbocycles. The smallest absolute Gasteiger partial charge is 0.141 e. The molecule has 0 rings (SSSR count). The van der Waals surface area contributed by atoms with Crippen molar-refractivity contribution in [3.05, 3.63) is 11.4 Å². The molecular formula is C3H9BNP. The van der Waals surface area contributed by atoms with E-state index >= 15 is 0 Å². The first kappa shape index (κ1) is 6.03. The molecule has 0 bridgehead atoms. The summed E-state index contributed by atoms with van der Waals surface area (Å²) in [6.45, 7) is 2.11. The summed E-state index contributed by atoms with van der Waals surface area (Å²) in [6, 6.07) is 0. The van der Waals surface area contributed by atoms with Crippen LogP contribution in [0.5, 0.6) is 0 Å². The largest absolute Gasteiger partial charge is 0.405 e. The van der Waals surface area contributed by atoms with Crippen molar-refractivity contribution in [2.24, 2.45) is 5.73 Å². The number of hydrogen-bond acceptors (Lipinski definition) is 1. The molecular weight excluding hydrogens is 91.8 g/mol. The van der Waals surface area contributed by atoms with Gasteiger partial charge in [-0.3, -0.25) is 0 Å². The van der Waals surface area contributed by atoms with Crippen molar-refractivity contribution >= 4 is 16.4 Å². The van der Waals surface area contributed by atoms with Gasteiger partial charge in [0.1, 0.15) is 7.85 Å². The predicted octanol–water partition coefficient (Wildman–Crippen LogP) is -0.315. The van der Waals surface area contributed by atoms with Gasteiger partial charge >= 0.3 is 0 Å². The summed E-state index contributed by atoms with van der Waals surface area (Å²) in [5, 5.41) is 1.27. The molecule has 0 radical (unpaired) electrons. The zero-order valence-electron chi connectivity index (χ0n) is 4.15. The Morgan fingerprint density at radius 1 is 2.00 bits per heavy atom. The molecule has 3 heteroatoms. The van der Waals surface area contributed by atoms with E-state index in [9.17, 15) is 0 Å². The van der Waals surface area contributed by atoms with Crippen LogP contribution in [0.2, 0.25) is 0 Å². The Hall–Kier alpha value is 0.0349. The third-order valence-corrected chi connectivity index (χ3v) is 1.60. The van der Waals surface area contributed by atoms with Gasteiger partial charge in [0, 0.05) is 0 Å². The van der Waals surface area contributed by atoms with E-state index in [0.29, 0.717) is 0 Å². The summed E-state index contributed by atoms with van der Waals surface area (Å²) in [6.07, 6.45) is 1.65. The van der Waals surface area contributed by atoms with Crippen molar-refractivity contribution in [1.29, 1.82) is 0 Å². The number of nitrogens with two attached hydrogens (primary N) is 1. The minimum atomic E-state index is 0.868. The van der Waals surface area contributed by atoms with E-state index in [1.807, 2.05) is 7.85 Å². The Morgan fingerprint density at radius 2 is 2.50 bits per heavy atom. The second-order valence-corrected chi connectivity index (χ2v) is 2.39. The average molecular weight is 101 g/mol. The molecule has 2 N–H and O–H groups in total. The molecule has 1 nitrogen and oxygen atoms in total. The van der Waals surface area contributed by atoms with Crippen LogP contribution in [0.1, 0.15) is 0 Å². The lowest BCUT2D eigenvalue weighted by Gasteiger charge is -1.85. The topological polar surface area (TPSA) is 26.0 Å². The molecule has 0 aliphatic carbocycles. The molecule has 0 spiro atoms. The van der Waals surface area contributed by atoms with Crippen LogP contribution in [-0.4, -0.2) is 14.5 Å². The summed E-state index contributed by atoms with van der Waals surface area (Å²) >= 11 is 0. The normalized spacial score (nSPS) is 13.8. The van der Waals surface area contributed by atoms with Crippen LogP contribution in [0.25, 0.3) is 0 Å². The minimum absolute atomic E-state index is 0.868.